The Kier molecular flexibility index (Phi) is 2.52. The van der Waals surface area contributed by atoms with Crippen LogP contribution in [0.3, 0.4) is 0 Å². The van der Waals surface area contributed by atoms with Gasteiger partial charge in [0.25, 0.3) is 0 Å². The van der Waals surface area contributed by atoms with Crippen molar-refractivity contribution in [1.29, 1.82) is 0 Å². The minimum atomic E-state index is -0.408. The predicted octanol–water partition coefficient (Wildman–Crippen LogP) is 1.94. The minimum absolute atomic E-state index is 0.407. The number of hydrogen-bond acceptors (Lipinski definition) is 2. The van der Waals surface area contributed by atoms with E-state index < -0.39 is 12.2 Å². The zero-order valence-corrected chi connectivity index (χ0v) is 9.31. The number of fused-ring (bicyclic) bond motifs is 2. The Balaban J connectivity index is 1.69. The first-order valence-electron chi connectivity index (χ1n) is 6.63. The first-order chi connectivity index (χ1) is 7.27. The highest BCUT2D eigenvalue weighted by Crippen LogP contribution is 2.53. The maximum Gasteiger partial charge on any atom is 0.0832 e. The highest BCUT2D eigenvalue weighted by molar-refractivity contribution is 5.03. The summed E-state index contributed by atoms with van der Waals surface area (Å²) in [6.07, 6.45) is 8.38. The van der Waals surface area contributed by atoms with E-state index in [1.807, 2.05) is 0 Å². The summed E-state index contributed by atoms with van der Waals surface area (Å²) >= 11 is 0. The molecule has 3 aliphatic carbocycles. The summed E-state index contributed by atoms with van der Waals surface area (Å²) in [5.41, 5.74) is 0. The molecule has 0 amide bonds. The largest absolute Gasteiger partial charge is 0.390 e. The Labute approximate surface area is 91.7 Å². The zero-order valence-electron chi connectivity index (χ0n) is 9.31. The van der Waals surface area contributed by atoms with Crippen LogP contribution in [0.15, 0.2) is 0 Å². The highest BCUT2D eigenvalue weighted by atomic mass is 16.3. The lowest BCUT2D eigenvalue weighted by atomic mass is 9.71. The molecule has 15 heavy (non-hydrogen) atoms. The number of hydrogen-bond donors (Lipinski definition) is 2. The van der Waals surface area contributed by atoms with E-state index in [0.29, 0.717) is 11.8 Å². The summed E-state index contributed by atoms with van der Waals surface area (Å²) in [6, 6.07) is 0. The van der Waals surface area contributed by atoms with Crippen LogP contribution in [0.25, 0.3) is 0 Å². The zero-order chi connectivity index (χ0) is 10.4. The van der Waals surface area contributed by atoms with Crippen molar-refractivity contribution in [2.24, 2.45) is 23.7 Å². The molecular formula is C13H22O2. The van der Waals surface area contributed by atoms with E-state index in [1.54, 1.807) is 0 Å². The molecule has 2 heteroatoms. The molecule has 3 rings (SSSR count). The van der Waals surface area contributed by atoms with Crippen LogP contribution in [0.2, 0.25) is 0 Å². The Morgan fingerprint density at radius 1 is 0.667 bits per heavy atom. The van der Waals surface area contributed by atoms with Crippen LogP contribution in [-0.4, -0.2) is 22.4 Å². The maximum atomic E-state index is 9.94. The summed E-state index contributed by atoms with van der Waals surface area (Å²) in [5.74, 6) is 2.43. The summed E-state index contributed by atoms with van der Waals surface area (Å²) in [6.45, 7) is 0. The number of rotatable bonds is 1. The molecule has 0 heterocycles. The Hall–Kier alpha value is -0.0800. The smallest absolute Gasteiger partial charge is 0.0832 e. The van der Waals surface area contributed by atoms with Crippen LogP contribution in [0.5, 0.6) is 0 Å². The second kappa shape index (κ2) is 3.74. The molecule has 86 valence electrons. The van der Waals surface area contributed by atoms with E-state index >= 15 is 0 Å². The summed E-state index contributed by atoms with van der Waals surface area (Å²) < 4.78 is 0. The van der Waals surface area contributed by atoms with Gasteiger partial charge in [-0.1, -0.05) is 32.1 Å². The molecule has 5 atom stereocenters. The average molecular weight is 210 g/mol. The topological polar surface area (TPSA) is 40.5 Å². The lowest BCUT2D eigenvalue weighted by Crippen LogP contribution is -2.39. The quantitative estimate of drug-likeness (QED) is 0.694. The van der Waals surface area contributed by atoms with E-state index in [2.05, 4.69) is 0 Å². The second-order valence-electron chi connectivity index (χ2n) is 5.94. The molecule has 0 spiro atoms. The highest BCUT2D eigenvalue weighted by Gasteiger charge is 2.53. The minimum Gasteiger partial charge on any atom is -0.390 e. The maximum absolute atomic E-state index is 9.94. The van der Waals surface area contributed by atoms with Gasteiger partial charge in [-0.05, 0) is 36.5 Å². The fourth-order valence-electron chi connectivity index (χ4n) is 4.45. The van der Waals surface area contributed by atoms with Gasteiger partial charge in [0.1, 0.15) is 0 Å². The molecule has 0 saturated heterocycles. The Morgan fingerprint density at radius 2 is 1.33 bits per heavy atom. The van der Waals surface area contributed by atoms with Crippen molar-refractivity contribution in [2.45, 2.75) is 57.2 Å². The van der Waals surface area contributed by atoms with Gasteiger partial charge >= 0.3 is 0 Å². The molecule has 3 saturated carbocycles. The van der Waals surface area contributed by atoms with Gasteiger partial charge in [0.05, 0.1) is 12.2 Å². The van der Waals surface area contributed by atoms with Gasteiger partial charge in [-0.2, -0.15) is 0 Å². The normalized spacial score (nSPS) is 51.2. The van der Waals surface area contributed by atoms with Crippen molar-refractivity contribution in [3.05, 3.63) is 0 Å². The monoisotopic (exact) mass is 210 g/mol. The predicted molar refractivity (Wildman–Crippen MR) is 58.3 cm³/mol. The van der Waals surface area contributed by atoms with E-state index in [-0.39, 0.29) is 0 Å². The summed E-state index contributed by atoms with van der Waals surface area (Å²) in [5, 5.41) is 19.7. The molecule has 0 aromatic carbocycles. The molecule has 2 N–H and O–H groups in total. The van der Waals surface area contributed by atoms with Crippen molar-refractivity contribution < 1.29 is 10.2 Å². The molecule has 0 aliphatic heterocycles. The van der Waals surface area contributed by atoms with Gasteiger partial charge in [-0.15, -0.1) is 0 Å². The first kappa shape index (κ1) is 10.1. The van der Waals surface area contributed by atoms with Crippen molar-refractivity contribution in [2.75, 3.05) is 0 Å². The molecule has 0 aromatic rings. The number of aliphatic hydroxyl groups is 2. The van der Waals surface area contributed by atoms with Gasteiger partial charge in [-0.3, -0.25) is 0 Å². The molecule has 3 aliphatic rings. The molecule has 3 fully saturated rings. The van der Waals surface area contributed by atoms with Crippen LogP contribution in [-0.2, 0) is 0 Å². The van der Waals surface area contributed by atoms with Gasteiger partial charge in [0.2, 0.25) is 0 Å². The SMILES string of the molecule is OC1C2CC(C3CCCCC3)C(C2)C1O. The summed E-state index contributed by atoms with van der Waals surface area (Å²) in [7, 11) is 0. The van der Waals surface area contributed by atoms with E-state index in [9.17, 15) is 10.2 Å². The van der Waals surface area contributed by atoms with Crippen molar-refractivity contribution >= 4 is 0 Å². The average Bonchev–Trinajstić information content (AvgIpc) is 2.82. The van der Waals surface area contributed by atoms with Crippen molar-refractivity contribution in [3.63, 3.8) is 0 Å². The Bertz CT molecular complexity index is 233. The lowest BCUT2D eigenvalue weighted by Gasteiger charge is -2.36. The molecule has 0 radical (unpaired) electrons. The molecule has 5 unspecified atom stereocenters. The lowest BCUT2D eigenvalue weighted by molar-refractivity contribution is -0.0465. The molecule has 2 nitrogen and oxygen atoms in total. The van der Waals surface area contributed by atoms with Crippen molar-refractivity contribution in [3.8, 4) is 0 Å². The van der Waals surface area contributed by atoms with Crippen LogP contribution < -0.4 is 0 Å². The molecule has 2 bridgehead atoms. The molecule has 0 aromatic heterocycles. The Morgan fingerprint density at radius 3 is 1.93 bits per heavy atom. The van der Waals surface area contributed by atoms with E-state index in [1.165, 1.54) is 38.5 Å². The first-order valence-corrected chi connectivity index (χ1v) is 6.63. The second-order valence-corrected chi connectivity index (χ2v) is 5.94. The van der Waals surface area contributed by atoms with Crippen LogP contribution in [0.4, 0.5) is 0 Å². The van der Waals surface area contributed by atoms with Gasteiger partial charge in [-0.25, -0.2) is 0 Å². The fraction of sp³-hybridized carbons (Fsp3) is 1.00. The third-order valence-electron chi connectivity index (χ3n) is 5.23. The van der Waals surface area contributed by atoms with Crippen LogP contribution in [0.1, 0.15) is 44.9 Å². The van der Waals surface area contributed by atoms with Gasteiger partial charge in [0, 0.05) is 0 Å². The fourth-order valence-corrected chi connectivity index (χ4v) is 4.45. The van der Waals surface area contributed by atoms with E-state index in [0.717, 1.165) is 18.3 Å². The summed E-state index contributed by atoms with van der Waals surface area (Å²) in [4.78, 5) is 0. The van der Waals surface area contributed by atoms with E-state index in [4.69, 9.17) is 0 Å². The van der Waals surface area contributed by atoms with Crippen LogP contribution >= 0.6 is 0 Å². The van der Waals surface area contributed by atoms with Crippen molar-refractivity contribution in [1.82, 2.24) is 0 Å². The third kappa shape index (κ3) is 1.53. The van der Waals surface area contributed by atoms with Gasteiger partial charge in [0.15, 0.2) is 0 Å². The molecular weight excluding hydrogens is 188 g/mol. The van der Waals surface area contributed by atoms with Gasteiger partial charge < -0.3 is 10.2 Å². The standard InChI is InChI=1S/C13H22O2/c14-12-9-6-10(11(7-9)13(12)15)8-4-2-1-3-5-8/h8-15H,1-7H2. The third-order valence-corrected chi connectivity index (χ3v) is 5.23. The number of aliphatic hydroxyl groups excluding tert-OH is 2. The van der Waals surface area contributed by atoms with Crippen LogP contribution in [0, 0.1) is 23.7 Å².